The third kappa shape index (κ3) is 3.82. The second-order valence-corrected chi connectivity index (χ2v) is 8.37. The highest BCUT2D eigenvalue weighted by Crippen LogP contribution is 2.39. The number of oxazole rings is 1. The van der Waals surface area contributed by atoms with Gasteiger partial charge in [0.2, 0.25) is 11.8 Å². The van der Waals surface area contributed by atoms with Gasteiger partial charge in [-0.2, -0.15) is 0 Å². The van der Waals surface area contributed by atoms with Gasteiger partial charge < -0.3 is 24.3 Å². The fourth-order valence-electron chi connectivity index (χ4n) is 4.35. The standard InChI is InChI=1S/C22H28N2O5/c1-15-17(23-19(29-15)16-6-4-3-5-7-16)14-18(25)24-11-8-22(9-12-24)20(26)21(2,27)10-13-28-22/h3-7,20,26-27H,8-14H2,1-2H3/t20-,21+/m0/s1. The lowest BCUT2D eigenvalue weighted by Gasteiger charge is -2.51. The summed E-state index contributed by atoms with van der Waals surface area (Å²) < 4.78 is 11.6. The number of piperidine rings is 1. The molecule has 2 aliphatic heterocycles. The van der Waals surface area contributed by atoms with Crippen LogP contribution in [-0.2, 0) is 16.0 Å². The Morgan fingerprint density at radius 2 is 1.93 bits per heavy atom. The first-order valence-electron chi connectivity index (χ1n) is 10.1. The van der Waals surface area contributed by atoms with Crippen molar-refractivity contribution < 1.29 is 24.2 Å². The van der Waals surface area contributed by atoms with E-state index in [0.29, 0.717) is 56.3 Å². The predicted octanol–water partition coefficient (Wildman–Crippen LogP) is 2.09. The van der Waals surface area contributed by atoms with Gasteiger partial charge in [-0.15, -0.1) is 0 Å². The van der Waals surface area contributed by atoms with Gasteiger partial charge in [-0.1, -0.05) is 18.2 Å². The number of likely N-dealkylation sites (tertiary alicyclic amines) is 1. The molecule has 0 radical (unpaired) electrons. The van der Waals surface area contributed by atoms with Crippen LogP contribution in [0.4, 0.5) is 0 Å². The van der Waals surface area contributed by atoms with Crippen LogP contribution in [0.25, 0.3) is 11.5 Å². The van der Waals surface area contributed by atoms with Gasteiger partial charge in [0.05, 0.1) is 24.3 Å². The third-order valence-corrected chi connectivity index (χ3v) is 6.28. The molecule has 156 valence electrons. The van der Waals surface area contributed by atoms with Crippen LogP contribution >= 0.6 is 0 Å². The van der Waals surface area contributed by atoms with E-state index >= 15 is 0 Å². The number of aromatic nitrogens is 1. The minimum atomic E-state index is -1.16. The van der Waals surface area contributed by atoms with E-state index in [1.807, 2.05) is 37.3 Å². The summed E-state index contributed by atoms with van der Waals surface area (Å²) in [7, 11) is 0. The number of carbonyl (C=O) groups excluding carboxylic acids is 1. The van der Waals surface area contributed by atoms with E-state index < -0.39 is 17.3 Å². The Hall–Kier alpha value is -2.22. The normalized spacial score (nSPS) is 26.6. The number of ether oxygens (including phenoxy) is 1. The molecule has 0 unspecified atom stereocenters. The van der Waals surface area contributed by atoms with Crippen molar-refractivity contribution in [2.75, 3.05) is 19.7 Å². The molecule has 2 fully saturated rings. The summed E-state index contributed by atoms with van der Waals surface area (Å²) in [5.74, 6) is 1.14. The first kappa shape index (κ1) is 20.1. The average molecular weight is 400 g/mol. The number of hydrogen-bond donors (Lipinski definition) is 2. The molecule has 0 aliphatic carbocycles. The summed E-state index contributed by atoms with van der Waals surface area (Å²) >= 11 is 0. The first-order valence-corrected chi connectivity index (χ1v) is 10.1. The van der Waals surface area contributed by atoms with Gasteiger partial charge in [0, 0.05) is 25.1 Å². The van der Waals surface area contributed by atoms with E-state index in [0.717, 1.165) is 5.56 Å². The van der Waals surface area contributed by atoms with Crippen LogP contribution in [-0.4, -0.2) is 63.0 Å². The maximum absolute atomic E-state index is 12.8. The molecule has 2 atom stereocenters. The van der Waals surface area contributed by atoms with Crippen LogP contribution in [0.1, 0.15) is 37.6 Å². The minimum absolute atomic E-state index is 0.0204. The van der Waals surface area contributed by atoms with Crippen molar-refractivity contribution in [1.29, 1.82) is 0 Å². The molecule has 1 spiro atoms. The van der Waals surface area contributed by atoms with Gasteiger partial charge in [0.1, 0.15) is 17.5 Å². The highest BCUT2D eigenvalue weighted by Gasteiger charge is 2.52. The highest BCUT2D eigenvalue weighted by molar-refractivity contribution is 5.78. The molecule has 7 nitrogen and oxygen atoms in total. The van der Waals surface area contributed by atoms with Gasteiger partial charge in [0.15, 0.2) is 0 Å². The smallest absolute Gasteiger partial charge is 0.228 e. The van der Waals surface area contributed by atoms with Crippen molar-refractivity contribution in [2.45, 2.75) is 56.8 Å². The second-order valence-electron chi connectivity index (χ2n) is 8.37. The van der Waals surface area contributed by atoms with Crippen molar-refractivity contribution in [1.82, 2.24) is 9.88 Å². The SMILES string of the molecule is Cc1oc(-c2ccccc2)nc1CC(=O)N1CCC2(CC1)OCC[C@@](C)(O)[C@@H]2O. The maximum Gasteiger partial charge on any atom is 0.228 e. The number of rotatable bonds is 3. The summed E-state index contributed by atoms with van der Waals surface area (Å²) in [6.45, 7) is 4.85. The van der Waals surface area contributed by atoms with Crippen LogP contribution in [0, 0.1) is 6.92 Å². The molecule has 2 saturated heterocycles. The van der Waals surface area contributed by atoms with E-state index in [1.165, 1.54) is 0 Å². The predicted molar refractivity (Wildman–Crippen MR) is 106 cm³/mol. The number of aliphatic hydroxyl groups is 2. The molecule has 2 aliphatic rings. The largest absolute Gasteiger partial charge is 0.441 e. The Balaban J connectivity index is 1.40. The number of nitrogens with zero attached hydrogens (tertiary/aromatic N) is 2. The summed E-state index contributed by atoms with van der Waals surface area (Å²) in [5.41, 5.74) is -0.408. The zero-order valence-electron chi connectivity index (χ0n) is 16.9. The monoisotopic (exact) mass is 400 g/mol. The Morgan fingerprint density at radius 3 is 2.62 bits per heavy atom. The summed E-state index contributed by atoms with van der Waals surface area (Å²) in [6.07, 6.45) is 0.642. The highest BCUT2D eigenvalue weighted by atomic mass is 16.5. The van der Waals surface area contributed by atoms with E-state index in [1.54, 1.807) is 11.8 Å². The van der Waals surface area contributed by atoms with Crippen LogP contribution < -0.4 is 0 Å². The molecule has 4 rings (SSSR count). The quantitative estimate of drug-likeness (QED) is 0.819. The molecule has 1 aromatic carbocycles. The van der Waals surface area contributed by atoms with E-state index in [9.17, 15) is 15.0 Å². The fraction of sp³-hybridized carbons (Fsp3) is 0.545. The maximum atomic E-state index is 12.8. The van der Waals surface area contributed by atoms with E-state index in [2.05, 4.69) is 4.98 Å². The number of benzene rings is 1. The number of carbonyl (C=O) groups is 1. The summed E-state index contributed by atoms with van der Waals surface area (Å²) in [4.78, 5) is 19.1. The topological polar surface area (TPSA) is 96.0 Å². The van der Waals surface area contributed by atoms with Gasteiger partial charge in [-0.3, -0.25) is 4.79 Å². The van der Waals surface area contributed by atoms with Crippen LogP contribution in [0.3, 0.4) is 0 Å². The zero-order chi connectivity index (χ0) is 20.6. The lowest BCUT2D eigenvalue weighted by Crippen LogP contribution is -2.64. The van der Waals surface area contributed by atoms with Crippen molar-refractivity contribution in [3.63, 3.8) is 0 Å². The summed E-state index contributed by atoms with van der Waals surface area (Å²) in [5, 5.41) is 21.0. The Morgan fingerprint density at radius 1 is 1.24 bits per heavy atom. The molecule has 29 heavy (non-hydrogen) atoms. The molecular formula is C22H28N2O5. The number of aliphatic hydroxyl groups excluding tert-OH is 1. The molecule has 1 amide bonds. The third-order valence-electron chi connectivity index (χ3n) is 6.28. The van der Waals surface area contributed by atoms with Crippen LogP contribution in [0.5, 0.6) is 0 Å². The van der Waals surface area contributed by atoms with E-state index in [-0.39, 0.29) is 12.3 Å². The number of hydrogen-bond acceptors (Lipinski definition) is 6. The Labute approximate surface area is 170 Å². The van der Waals surface area contributed by atoms with Gasteiger partial charge in [0.25, 0.3) is 0 Å². The van der Waals surface area contributed by atoms with Crippen LogP contribution in [0.15, 0.2) is 34.7 Å². The van der Waals surface area contributed by atoms with Crippen molar-refractivity contribution in [3.8, 4) is 11.5 Å². The van der Waals surface area contributed by atoms with Crippen molar-refractivity contribution in [3.05, 3.63) is 41.8 Å². The molecular weight excluding hydrogens is 372 g/mol. The van der Waals surface area contributed by atoms with Crippen molar-refractivity contribution in [2.24, 2.45) is 0 Å². The minimum Gasteiger partial charge on any atom is -0.441 e. The van der Waals surface area contributed by atoms with Gasteiger partial charge in [-0.05, 0) is 38.8 Å². The molecule has 3 heterocycles. The van der Waals surface area contributed by atoms with Crippen LogP contribution in [0.2, 0.25) is 0 Å². The average Bonchev–Trinajstić information content (AvgIpc) is 3.08. The van der Waals surface area contributed by atoms with Crippen molar-refractivity contribution >= 4 is 5.91 Å². The number of aryl methyl sites for hydroxylation is 1. The Kier molecular flexibility index (Phi) is 5.23. The Bertz CT molecular complexity index is 869. The fourth-order valence-corrected chi connectivity index (χ4v) is 4.35. The lowest BCUT2D eigenvalue weighted by molar-refractivity contribution is -0.245. The van der Waals surface area contributed by atoms with Gasteiger partial charge >= 0.3 is 0 Å². The first-order chi connectivity index (χ1) is 13.8. The van der Waals surface area contributed by atoms with Gasteiger partial charge in [-0.25, -0.2) is 4.98 Å². The second kappa shape index (κ2) is 7.55. The molecule has 0 bridgehead atoms. The molecule has 0 saturated carbocycles. The zero-order valence-corrected chi connectivity index (χ0v) is 16.9. The molecule has 2 N–H and O–H groups in total. The molecule has 7 heteroatoms. The van der Waals surface area contributed by atoms with E-state index in [4.69, 9.17) is 9.15 Å². The lowest BCUT2D eigenvalue weighted by atomic mass is 9.75. The number of amides is 1. The molecule has 1 aromatic heterocycles. The molecule has 2 aromatic rings. The summed E-state index contributed by atoms with van der Waals surface area (Å²) in [6, 6.07) is 9.61.